The molecule has 7 rings (SSSR count). The Labute approximate surface area is 254 Å². The predicted molar refractivity (Wildman–Crippen MR) is 159 cm³/mol. The first kappa shape index (κ1) is 32.4. The number of hydrogen-bond acceptors (Lipinski definition) is 9. The smallest absolute Gasteiger partial charge is 0.422 e. The Morgan fingerprint density at radius 3 is 2.43 bits per heavy atom. The molecule has 44 heavy (non-hydrogen) atoms. The quantitative estimate of drug-likeness (QED) is 0.389. The zero-order chi connectivity index (χ0) is 31.7. The summed E-state index contributed by atoms with van der Waals surface area (Å²) in [6, 6.07) is 14.5. The van der Waals surface area contributed by atoms with Crippen molar-refractivity contribution in [3.8, 4) is 11.8 Å². The first-order chi connectivity index (χ1) is 20.9. The minimum atomic E-state index is -4.54. The average Bonchev–Trinajstić information content (AvgIpc) is 2.99. The van der Waals surface area contributed by atoms with E-state index in [1.54, 1.807) is 4.90 Å². The van der Waals surface area contributed by atoms with Crippen molar-refractivity contribution in [2.24, 2.45) is 5.41 Å². The van der Waals surface area contributed by atoms with Gasteiger partial charge < -0.3 is 29.7 Å². The number of carbonyl (C=O) groups is 1. The van der Waals surface area contributed by atoms with E-state index < -0.39 is 24.9 Å². The molecule has 1 amide bonds. The van der Waals surface area contributed by atoms with E-state index in [2.05, 4.69) is 46.0 Å². The van der Waals surface area contributed by atoms with Crippen LogP contribution in [-0.2, 0) is 17.7 Å². The van der Waals surface area contributed by atoms with Crippen LogP contribution in [0.2, 0.25) is 0 Å². The fourth-order valence-electron chi connectivity index (χ4n) is 4.49. The van der Waals surface area contributed by atoms with Crippen LogP contribution in [0.3, 0.4) is 0 Å². The largest absolute Gasteiger partial charge is 0.494 e. The molecule has 236 valence electrons. The number of aromatic nitrogens is 3. The highest BCUT2D eigenvalue weighted by atomic mass is 19.4. The molecule has 0 radical (unpaired) electrons. The molecule has 0 fully saturated rings. The van der Waals surface area contributed by atoms with Crippen LogP contribution in [-0.4, -0.2) is 72.1 Å². The van der Waals surface area contributed by atoms with Crippen LogP contribution in [0.4, 0.5) is 23.9 Å². The van der Waals surface area contributed by atoms with Gasteiger partial charge in [0.1, 0.15) is 11.6 Å². The molecule has 0 unspecified atom stereocenters. The highest BCUT2D eigenvalue weighted by Crippen LogP contribution is 2.22. The molecule has 6 bridgehead atoms. The minimum Gasteiger partial charge on any atom is -0.494 e. The molecule has 0 atom stereocenters. The van der Waals surface area contributed by atoms with Crippen LogP contribution >= 0.6 is 0 Å². The van der Waals surface area contributed by atoms with Crippen molar-refractivity contribution in [3.05, 3.63) is 77.6 Å². The lowest BCUT2D eigenvalue weighted by Crippen LogP contribution is -2.43. The van der Waals surface area contributed by atoms with E-state index in [0.717, 1.165) is 16.7 Å². The molecule has 4 aliphatic heterocycles. The van der Waals surface area contributed by atoms with E-state index in [4.69, 9.17) is 14.2 Å². The summed E-state index contributed by atoms with van der Waals surface area (Å²) in [5.41, 5.74) is 2.96. The third-order valence-electron chi connectivity index (χ3n) is 6.74. The van der Waals surface area contributed by atoms with Gasteiger partial charge in [0.2, 0.25) is 5.95 Å². The molecule has 2 N–H and O–H groups in total. The number of halogens is 3. The summed E-state index contributed by atoms with van der Waals surface area (Å²) < 4.78 is 54.2. The third-order valence-corrected chi connectivity index (χ3v) is 6.74. The first-order valence-electron chi connectivity index (χ1n) is 14.1. The molecule has 0 spiro atoms. The normalized spacial score (nSPS) is 16.2. The summed E-state index contributed by atoms with van der Waals surface area (Å²) in [5, 5.41) is 6.41. The first-order valence-corrected chi connectivity index (χ1v) is 14.1. The Hall–Kier alpha value is -4.55. The molecular formula is C31H37F3N6O4. The van der Waals surface area contributed by atoms with Crippen molar-refractivity contribution in [2.75, 3.05) is 45.3 Å². The van der Waals surface area contributed by atoms with E-state index in [9.17, 15) is 18.0 Å². The maximum absolute atomic E-state index is 12.8. The Kier molecular flexibility index (Phi) is 10.5. The van der Waals surface area contributed by atoms with Gasteiger partial charge in [0, 0.05) is 38.3 Å². The monoisotopic (exact) mass is 614 g/mol. The van der Waals surface area contributed by atoms with Crippen molar-refractivity contribution in [1.82, 2.24) is 25.2 Å². The average molecular weight is 615 g/mol. The number of nitrogens with one attached hydrogen (secondary N) is 2. The molecule has 3 aromatic rings. The molecular weight excluding hydrogens is 577 g/mol. The number of ether oxygens (including phenoxy) is 3. The summed E-state index contributed by atoms with van der Waals surface area (Å²) in [6.07, 6.45) is -4.10. The highest BCUT2D eigenvalue weighted by molar-refractivity contribution is 5.67. The van der Waals surface area contributed by atoms with Gasteiger partial charge in [-0.05, 0) is 40.7 Å². The standard InChI is InChI=1S/C31H37F3N6O4/c1-21-24-10-6-22(7-11-24)16-26-37-27(39-28(38-26)44-20-31(32,33)34)35-17-23-8-12-25(13-9-23)43-15-5-14-40(29(41)42-4)19-30(2,3)18-36-21/h6-13,36H,1,5,14-20H2,2-4H3,(H,35,37,38,39). The number of rotatable bonds is 2. The second-order valence-electron chi connectivity index (χ2n) is 11.2. The molecule has 0 saturated carbocycles. The number of hydrogen-bond donors (Lipinski definition) is 2. The second kappa shape index (κ2) is 14.3. The van der Waals surface area contributed by atoms with Crippen LogP contribution in [0.1, 0.15) is 42.8 Å². The number of carbonyl (C=O) groups excluding carboxylic acids is 1. The fraction of sp³-hybridized carbons (Fsp3) is 0.419. The van der Waals surface area contributed by atoms with Gasteiger partial charge in [0.25, 0.3) is 0 Å². The minimum absolute atomic E-state index is 0.0916. The molecule has 1 aromatic heterocycles. The molecule has 5 heterocycles. The van der Waals surface area contributed by atoms with E-state index in [1.807, 2.05) is 48.5 Å². The van der Waals surface area contributed by atoms with Crippen molar-refractivity contribution in [3.63, 3.8) is 0 Å². The summed E-state index contributed by atoms with van der Waals surface area (Å²) >= 11 is 0. The Morgan fingerprint density at radius 2 is 1.75 bits per heavy atom. The molecule has 13 heteroatoms. The maximum atomic E-state index is 12.8. The number of anilines is 1. The molecule has 10 nitrogen and oxygen atoms in total. The summed E-state index contributed by atoms with van der Waals surface area (Å²) in [6.45, 7) is 8.92. The van der Waals surface area contributed by atoms with E-state index in [0.29, 0.717) is 50.7 Å². The van der Waals surface area contributed by atoms with Crippen LogP contribution in [0.5, 0.6) is 11.8 Å². The molecule has 0 saturated heterocycles. The van der Waals surface area contributed by atoms with Gasteiger partial charge in [-0.15, -0.1) is 0 Å². The van der Waals surface area contributed by atoms with Gasteiger partial charge in [-0.1, -0.05) is 56.8 Å². The predicted octanol–water partition coefficient (Wildman–Crippen LogP) is 5.45. The van der Waals surface area contributed by atoms with Crippen LogP contribution in [0.25, 0.3) is 5.70 Å². The lowest BCUT2D eigenvalue weighted by Gasteiger charge is -2.32. The SMILES string of the molecule is C=C1NCC(C)(C)CN(C(=O)OC)CCCOc2ccc(cc2)CNc2nc(nc(OCC(F)(F)F)n2)Cc2ccc1cc2. The number of methoxy groups -OCH3 is 1. The summed E-state index contributed by atoms with van der Waals surface area (Å²) in [4.78, 5) is 26.7. The summed E-state index contributed by atoms with van der Waals surface area (Å²) in [7, 11) is 1.37. The number of nitrogens with zero attached hydrogens (tertiary/aromatic N) is 4. The van der Waals surface area contributed by atoms with Crippen LogP contribution in [0.15, 0.2) is 55.1 Å². The number of benzene rings is 2. The van der Waals surface area contributed by atoms with Crippen LogP contribution in [0, 0.1) is 5.41 Å². The van der Waals surface area contributed by atoms with E-state index >= 15 is 0 Å². The van der Waals surface area contributed by atoms with Gasteiger partial charge >= 0.3 is 18.3 Å². The van der Waals surface area contributed by atoms with Crippen molar-refractivity contribution in [2.45, 2.75) is 39.4 Å². The molecule has 2 aromatic carbocycles. The lowest BCUT2D eigenvalue weighted by molar-refractivity contribution is -0.154. The van der Waals surface area contributed by atoms with Crippen molar-refractivity contribution < 1.29 is 32.2 Å². The second-order valence-corrected chi connectivity index (χ2v) is 11.2. The molecule has 4 aliphatic rings. The van der Waals surface area contributed by atoms with E-state index in [1.165, 1.54) is 7.11 Å². The maximum Gasteiger partial charge on any atom is 0.422 e. The van der Waals surface area contributed by atoms with Gasteiger partial charge in [-0.3, -0.25) is 0 Å². The zero-order valence-electron chi connectivity index (χ0n) is 25.0. The van der Waals surface area contributed by atoms with Gasteiger partial charge in [-0.2, -0.15) is 28.1 Å². The van der Waals surface area contributed by atoms with Gasteiger partial charge in [0.05, 0.1) is 13.7 Å². The zero-order valence-corrected chi connectivity index (χ0v) is 25.0. The third kappa shape index (κ3) is 10.0. The summed E-state index contributed by atoms with van der Waals surface area (Å²) in [5.74, 6) is 1.00. The Morgan fingerprint density at radius 1 is 1.05 bits per heavy atom. The van der Waals surface area contributed by atoms with Crippen molar-refractivity contribution in [1.29, 1.82) is 0 Å². The van der Waals surface area contributed by atoms with E-state index in [-0.39, 0.29) is 23.6 Å². The van der Waals surface area contributed by atoms with Gasteiger partial charge in [-0.25, -0.2) is 4.79 Å². The lowest BCUT2D eigenvalue weighted by atomic mass is 9.92. The van der Waals surface area contributed by atoms with Crippen molar-refractivity contribution >= 4 is 17.7 Å². The number of alkyl halides is 3. The highest BCUT2D eigenvalue weighted by Gasteiger charge is 2.29. The Balaban J connectivity index is 1.58. The fourth-order valence-corrected chi connectivity index (χ4v) is 4.49. The van der Waals surface area contributed by atoms with Crippen LogP contribution < -0.4 is 20.1 Å². The number of amides is 1. The van der Waals surface area contributed by atoms with Gasteiger partial charge in [0.15, 0.2) is 6.61 Å². The Bertz CT molecular complexity index is 1420. The topological polar surface area (TPSA) is 111 Å². The molecule has 0 aliphatic carbocycles.